The van der Waals surface area contributed by atoms with E-state index in [2.05, 4.69) is 48.1 Å². The molecule has 3 heteroatoms. The van der Waals surface area contributed by atoms with Crippen LogP contribution in [0.2, 0.25) is 5.02 Å². The number of rotatable bonds is 3. The van der Waals surface area contributed by atoms with Crippen molar-refractivity contribution in [3.63, 3.8) is 0 Å². The van der Waals surface area contributed by atoms with Gasteiger partial charge in [0.2, 0.25) is 0 Å². The molecule has 3 unspecified atom stereocenters. The topological polar surface area (TPSA) is 12.0 Å². The van der Waals surface area contributed by atoms with Crippen molar-refractivity contribution < 1.29 is 0 Å². The maximum absolute atomic E-state index is 6.30. The van der Waals surface area contributed by atoms with E-state index in [4.69, 9.17) is 11.6 Å². The highest BCUT2D eigenvalue weighted by molar-refractivity contribution is 9.10. The average molecular weight is 345 g/mol. The zero-order valence-electron chi connectivity index (χ0n) is 11.9. The zero-order chi connectivity index (χ0) is 14.0. The molecule has 1 fully saturated rings. The lowest BCUT2D eigenvalue weighted by atomic mass is 9.74. The van der Waals surface area contributed by atoms with Crippen molar-refractivity contribution in [3.05, 3.63) is 27.7 Å². The summed E-state index contributed by atoms with van der Waals surface area (Å²) in [5.41, 5.74) is 1.06. The number of hydrogen-bond acceptors (Lipinski definition) is 1. The first-order chi connectivity index (χ1) is 8.97. The molecule has 0 bridgehead atoms. The first-order valence-corrected chi connectivity index (χ1v) is 8.36. The Kier molecular flexibility index (Phi) is 5.19. The monoisotopic (exact) mass is 343 g/mol. The summed E-state index contributed by atoms with van der Waals surface area (Å²) in [4.78, 5) is 0. The van der Waals surface area contributed by atoms with Crippen molar-refractivity contribution in [2.45, 2.75) is 46.1 Å². The predicted molar refractivity (Wildman–Crippen MR) is 87.9 cm³/mol. The molecular formula is C16H23BrClN. The summed E-state index contributed by atoms with van der Waals surface area (Å²) in [6, 6.07) is 6.55. The molecule has 19 heavy (non-hydrogen) atoms. The third-order valence-corrected chi connectivity index (χ3v) is 5.11. The van der Waals surface area contributed by atoms with Crippen molar-refractivity contribution >= 4 is 33.2 Å². The van der Waals surface area contributed by atoms with Gasteiger partial charge in [-0.3, -0.25) is 0 Å². The van der Waals surface area contributed by atoms with Crippen molar-refractivity contribution in [2.75, 3.05) is 5.32 Å². The van der Waals surface area contributed by atoms with Crippen LogP contribution in [0.5, 0.6) is 0 Å². The molecule has 1 nitrogen and oxygen atoms in total. The van der Waals surface area contributed by atoms with E-state index < -0.39 is 0 Å². The fourth-order valence-corrected chi connectivity index (χ4v) is 3.71. The van der Waals surface area contributed by atoms with Crippen LogP contribution in [0, 0.1) is 17.8 Å². The highest BCUT2D eigenvalue weighted by Crippen LogP contribution is 2.37. The molecule has 0 aliphatic heterocycles. The van der Waals surface area contributed by atoms with Crippen LogP contribution < -0.4 is 5.32 Å². The Morgan fingerprint density at radius 3 is 2.74 bits per heavy atom. The highest BCUT2D eigenvalue weighted by Gasteiger charge is 2.30. The van der Waals surface area contributed by atoms with Gasteiger partial charge in [-0.05, 0) is 48.8 Å². The Hall–Kier alpha value is -0.210. The van der Waals surface area contributed by atoms with E-state index in [0.717, 1.165) is 32.9 Å². The van der Waals surface area contributed by atoms with Crippen molar-refractivity contribution in [1.29, 1.82) is 0 Å². The average Bonchev–Trinajstić information content (AvgIpc) is 2.33. The molecule has 2 rings (SSSR count). The van der Waals surface area contributed by atoms with Gasteiger partial charge in [0.05, 0.1) is 10.7 Å². The minimum absolute atomic E-state index is 0.538. The van der Waals surface area contributed by atoms with Crippen LogP contribution in [-0.4, -0.2) is 6.04 Å². The fraction of sp³-hybridized carbons (Fsp3) is 0.625. The van der Waals surface area contributed by atoms with Gasteiger partial charge in [0.1, 0.15) is 0 Å². The van der Waals surface area contributed by atoms with Gasteiger partial charge in [-0.25, -0.2) is 0 Å². The molecule has 0 radical (unpaired) electrons. The van der Waals surface area contributed by atoms with Crippen LogP contribution in [0.4, 0.5) is 5.69 Å². The molecule has 0 heterocycles. The van der Waals surface area contributed by atoms with Gasteiger partial charge in [-0.1, -0.05) is 54.7 Å². The normalized spacial score (nSPS) is 27.6. The Morgan fingerprint density at radius 1 is 1.32 bits per heavy atom. The second-order valence-electron chi connectivity index (χ2n) is 6.20. The van der Waals surface area contributed by atoms with Gasteiger partial charge in [0, 0.05) is 10.5 Å². The predicted octanol–water partition coefficient (Wildman–Crippen LogP) is 5.98. The van der Waals surface area contributed by atoms with Crippen LogP contribution in [0.15, 0.2) is 22.7 Å². The Morgan fingerprint density at radius 2 is 2.05 bits per heavy atom. The molecule has 1 aromatic carbocycles. The van der Waals surface area contributed by atoms with E-state index in [1.54, 1.807) is 0 Å². The summed E-state index contributed by atoms with van der Waals surface area (Å²) in [6.45, 7) is 7.02. The minimum Gasteiger partial charge on any atom is -0.381 e. The summed E-state index contributed by atoms with van der Waals surface area (Å²) in [5.74, 6) is 2.26. The zero-order valence-corrected chi connectivity index (χ0v) is 14.3. The van der Waals surface area contributed by atoms with Crippen LogP contribution >= 0.6 is 27.5 Å². The van der Waals surface area contributed by atoms with Gasteiger partial charge >= 0.3 is 0 Å². The van der Waals surface area contributed by atoms with Crippen molar-refractivity contribution in [2.24, 2.45) is 17.8 Å². The summed E-state index contributed by atoms with van der Waals surface area (Å²) >= 11 is 9.81. The van der Waals surface area contributed by atoms with Gasteiger partial charge in [0.15, 0.2) is 0 Å². The lowest BCUT2D eigenvalue weighted by Crippen LogP contribution is -2.37. The van der Waals surface area contributed by atoms with Gasteiger partial charge in [-0.15, -0.1) is 0 Å². The molecule has 3 atom stereocenters. The third kappa shape index (κ3) is 3.88. The second-order valence-corrected chi connectivity index (χ2v) is 7.52. The van der Waals surface area contributed by atoms with E-state index in [1.165, 1.54) is 19.3 Å². The lowest BCUT2D eigenvalue weighted by Gasteiger charge is -2.38. The van der Waals surface area contributed by atoms with Gasteiger partial charge < -0.3 is 5.32 Å². The Labute approximate surface area is 130 Å². The standard InChI is InChI=1S/C16H23BrClN/c1-10(2)13-6-4-11(3)8-15(13)19-16-9-12(17)5-7-14(16)18/h5,7,9-11,13,15,19H,4,6,8H2,1-3H3. The molecule has 1 aliphatic carbocycles. The van der Waals surface area contributed by atoms with Crippen molar-refractivity contribution in [3.8, 4) is 0 Å². The van der Waals surface area contributed by atoms with Gasteiger partial charge in [-0.2, -0.15) is 0 Å². The number of anilines is 1. The van der Waals surface area contributed by atoms with E-state index in [0.29, 0.717) is 6.04 Å². The van der Waals surface area contributed by atoms with Crippen LogP contribution in [0.3, 0.4) is 0 Å². The molecule has 0 saturated heterocycles. The fourth-order valence-electron chi connectivity index (χ4n) is 3.18. The number of nitrogens with one attached hydrogen (secondary N) is 1. The molecular weight excluding hydrogens is 322 g/mol. The first kappa shape index (κ1) is 15.2. The second kappa shape index (κ2) is 6.49. The summed E-state index contributed by atoms with van der Waals surface area (Å²) < 4.78 is 1.07. The van der Waals surface area contributed by atoms with E-state index in [-0.39, 0.29) is 0 Å². The quantitative estimate of drug-likeness (QED) is 0.711. The number of benzene rings is 1. The molecule has 0 aromatic heterocycles. The molecule has 1 aromatic rings. The van der Waals surface area contributed by atoms with Crippen LogP contribution in [0.1, 0.15) is 40.0 Å². The lowest BCUT2D eigenvalue weighted by molar-refractivity contribution is 0.212. The first-order valence-electron chi connectivity index (χ1n) is 7.19. The Bertz CT molecular complexity index is 433. The molecule has 106 valence electrons. The summed E-state index contributed by atoms with van der Waals surface area (Å²) in [6.07, 6.45) is 3.92. The number of hydrogen-bond donors (Lipinski definition) is 1. The van der Waals surface area contributed by atoms with E-state index in [9.17, 15) is 0 Å². The smallest absolute Gasteiger partial charge is 0.0638 e. The summed E-state index contributed by atoms with van der Waals surface area (Å²) in [5, 5.41) is 4.50. The van der Waals surface area contributed by atoms with Gasteiger partial charge in [0.25, 0.3) is 0 Å². The largest absolute Gasteiger partial charge is 0.381 e. The summed E-state index contributed by atoms with van der Waals surface area (Å²) in [7, 11) is 0. The Balaban J connectivity index is 2.16. The SMILES string of the molecule is CC1CCC(C(C)C)C(Nc2cc(Br)ccc2Cl)C1. The maximum atomic E-state index is 6.30. The highest BCUT2D eigenvalue weighted by atomic mass is 79.9. The third-order valence-electron chi connectivity index (χ3n) is 4.29. The molecule has 1 saturated carbocycles. The molecule has 0 amide bonds. The molecule has 1 aliphatic rings. The minimum atomic E-state index is 0.538. The van der Waals surface area contributed by atoms with E-state index in [1.807, 2.05) is 12.1 Å². The van der Waals surface area contributed by atoms with Crippen LogP contribution in [0.25, 0.3) is 0 Å². The van der Waals surface area contributed by atoms with Crippen molar-refractivity contribution in [1.82, 2.24) is 0 Å². The molecule has 0 spiro atoms. The maximum Gasteiger partial charge on any atom is 0.0638 e. The van der Waals surface area contributed by atoms with Crippen LogP contribution in [-0.2, 0) is 0 Å². The van der Waals surface area contributed by atoms with E-state index >= 15 is 0 Å². The number of halogens is 2. The molecule has 1 N–H and O–H groups in total.